The zero-order chi connectivity index (χ0) is 16.7. The standard InChI is InChI=1S/C16H17ClN4O3/c1-20-8-12(6-18-20)21-3-2-11(7-21)19-16(22)10-4-13(17)15-14(5-10)23-9-24-15/h4-6,8,11H,2-3,7,9H2,1H3,(H,19,22). The Kier molecular flexibility index (Phi) is 3.72. The predicted molar refractivity (Wildman–Crippen MR) is 88.9 cm³/mol. The number of ether oxygens (including phenoxy) is 2. The van der Waals surface area contributed by atoms with E-state index in [-0.39, 0.29) is 18.7 Å². The minimum atomic E-state index is -0.159. The summed E-state index contributed by atoms with van der Waals surface area (Å²) < 4.78 is 12.3. The van der Waals surface area contributed by atoms with Gasteiger partial charge in [0.05, 0.1) is 16.9 Å². The Hall–Kier alpha value is -2.41. The molecule has 4 rings (SSSR count). The number of amides is 1. The molecule has 2 aliphatic rings. The smallest absolute Gasteiger partial charge is 0.251 e. The van der Waals surface area contributed by atoms with E-state index in [4.69, 9.17) is 21.1 Å². The van der Waals surface area contributed by atoms with Crippen molar-refractivity contribution in [2.75, 3.05) is 24.8 Å². The first kappa shape index (κ1) is 15.1. The van der Waals surface area contributed by atoms with Gasteiger partial charge in [-0.3, -0.25) is 9.48 Å². The van der Waals surface area contributed by atoms with E-state index in [2.05, 4.69) is 15.3 Å². The molecule has 2 aromatic rings. The number of carbonyl (C=O) groups excluding carboxylic acids is 1. The molecule has 7 nitrogen and oxygen atoms in total. The maximum absolute atomic E-state index is 12.5. The van der Waals surface area contributed by atoms with Crippen molar-refractivity contribution < 1.29 is 14.3 Å². The number of rotatable bonds is 3. The van der Waals surface area contributed by atoms with Crippen LogP contribution in [0.4, 0.5) is 5.69 Å². The number of benzene rings is 1. The number of carbonyl (C=O) groups is 1. The second-order valence-electron chi connectivity index (χ2n) is 5.97. The molecule has 3 heterocycles. The van der Waals surface area contributed by atoms with Crippen molar-refractivity contribution >= 4 is 23.2 Å². The summed E-state index contributed by atoms with van der Waals surface area (Å²) in [7, 11) is 1.89. The van der Waals surface area contributed by atoms with Crippen LogP contribution in [0.5, 0.6) is 11.5 Å². The maximum Gasteiger partial charge on any atom is 0.251 e. The lowest BCUT2D eigenvalue weighted by atomic mass is 10.1. The van der Waals surface area contributed by atoms with Gasteiger partial charge >= 0.3 is 0 Å². The fraction of sp³-hybridized carbons (Fsp3) is 0.375. The molecule has 1 saturated heterocycles. The third-order valence-corrected chi connectivity index (χ3v) is 4.55. The van der Waals surface area contributed by atoms with Crippen molar-refractivity contribution in [1.82, 2.24) is 15.1 Å². The number of nitrogens with zero attached hydrogens (tertiary/aromatic N) is 3. The summed E-state index contributed by atoms with van der Waals surface area (Å²) in [6.45, 7) is 1.77. The summed E-state index contributed by atoms with van der Waals surface area (Å²) in [6, 6.07) is 3.36. The Balaban J connectivity index is 1.43. The molecule has 2 aliphatic heterocycles. The van der Waals surface area contributed by atoms with Crippen LogP contribution in [0.2, 0.25) is 5.02 Å². The highest BCUT2D eigenvalue weighted by molar-refractivity contribution is 6.32. The highest BCUT2D eigenvalue weighted by Crippen LogP contribution is 2.39. The maximum atomic E-state index is 12.5. The second-order valence-corrected chi connectivity index (χ2v) is 6.38. The Labute approximate surface area is 144 Å². The molecule has 0 radical (unpaired) electrons. The van der Waals surface area contributed by atoms with Gasteiger partial charge in [-0.1, -0.05) is 11.6 Å². The van der Waals surface area contributed by atoms with E-state index in [1.54, 1.807) is 16.8 Å². The molecule has 8 heteroatoms. The van der Waals surface area contributed by atoms with Gasteiger partial charge in [-0.05, 0) is 18.6 Å². The highest BCUT2D eigenvalue weighted by atomic mass is 35.5. The van der Waals surface area contributed by atoms with E-state index >= 15 is 0 Å². The predicted octanol–water partition coefficient (Wildman–Crippen LogP) is 1.81. The second kappa shape index (κ2) is 5.90. The molecule has 1 N–H and O–H groups in total. The van der Waals surface area contributed by atoms with E-state index < -0.39 is 0 Å². The molecular weight excluding hydrogens is 332 g/mol. The lowest BCUT2D eigenvalue weighted by molar-refractivity contribution is 0.0940. The van der Waals surface area contributed by atoms with Gasteiger partial charge in [-0.25, -0.2) is 0 Å². The lowest BCUT2D eigenvalue weighted by Gasteiger charge is -2.17. The van der Waals surface area contributed by atoms with Crippen LogP contribution in [0.15, 0.2) is 24.5 Å². The molecule has 0 saturated carbocycles. The number of anilines is 1. The number of halogens is 1. The summed E-state index contributed by atoms with van der Waals surface area (Å²) in [5, 5.41) is 7.63. The number of aromatic nitrogens is 2. The van der Waals surface area contributed by atoms with Crippen molar-refractivity contribution in [2.45, 2.75) is 12.5 Å². The van der Waals surface area contributed by atoms with Gasteiger partial charge in [-0.2, -0.15) is 5.10 Å². The molecule has 0 aliphatic carbocycles. The molecule has 24 heavy (non-hydrogen) atoms. The fourth-order valence-electron chi connectivity index (χ4n) is 3.05. The molecule has 126 valence electrons. The molecule has 1 amide bonds. The zero-order valence-corrected chi connectivity index (χ0v) is 13.9. The Morgan fingerprint density at radius 2 is 2.29 bits per heavy atom. The summed E-state index contributed by atoms with van der Waals surface area (Å²) in [5.74, 6) is 0.848. The van der Waals surface area contributed by atoms with Crippen molar-refractivity contribution in [1.29, 1.82) is 0 Å². The summed E-state index contributed by atoms with van der Waals surface area (Å²) >= 11 is 6.14. The average Bonchev–Trinajstić information content (AvgIpc) is 3.26. The van der Waals surface area contributed by atoms with Crippen molar-refractivity contribution in [3.8, 4) is 11.5 Å². The number of hydrogen-bond acceptors (Lipinski definition) is 5. The molecule has 1 atom stereocenters. The quantitative estimate of drug-likeness (QED) is 0.916. The largest absolute Gasteiger partial charge is 0.454 e. The van der Waals surface area contributed by atoms with Gasteiger partial charge in [0.25, 0.3) is 5.91 Å². The van der Waals surface area contributed by atoms with Crippen LogP contribution in [-0.2, 0) is 7.05 Å². The molecule has 0 bridgehead atoms. The van der Waals surface area contributed by atoms with Gasteiger partial charge < -0.3 is 19.7 Å². The van der Waals surface area contributed by atoms with E-state index in [9.17, 15) is 4.79 Å². The highest BCUT2D eigenvalue weighted by Gasteiger charge is 2.26. The monoisotopic (exact) mass is 348 g/mol. The average molecular weight is 349 g/mol. The van der Waals surface area contributed by atoms with Crippen LogP contribution in [0.3, 0.4) is 0 Å². The van der Waals surface area contributed by atoms with Gasteiger partial charge in [0, 0.05) is 37.9 Å². The first-order valence-electron chi connectivity index (χ1n) is 7.74. The van der Waals surface area contributed by atoms with Crippen LogP contribution in [-0.4, -0.2) is 41.6 Å². The summed E-state index contributed by atoms with van der Waals surface area (Å²) in [5.41, 5.74) is 1.55. The first-order chi connectivity index (χ1) is 11.6. The van der Waals surface area contributed by atoms with Crippen LogP contribution < -0.4 is 19.7 Å². The van der Waals surface area contributed by atoms with Crippen LogP contribution in [0, 0.1) is 0 Å². The van der Waals surface area contributed by atoms with Crippen molar-refractivity contribution in [2.24, 2.45) is 7.05 Å². The lowest BCUT2D eigenvalue weighted by Crippen LogP contribution is -2.37. The first-order valence-corrected chi connectivity index (χ1v) is 8.11. The number of nitrogens with one attached hydrogen (secondary N) is 1. The van der Waals surface area contributed by atoms with E-state index in [1.807, 2.05) is 19.4 Å². The fourth-order valence-corrected chi connectivity index (χ4v) is 3.32. The molecular formula is C16H17ClN4O3. The number of fused-ring (bicyclic) bond motifs is 1. The Bertz CT molecular complexity index is 792. The molecule has 1 fully saturated rings. The SMILES string of the molecule is Cn1cc(N2CCC(NC(=O)c3cc(Cl)c4c(c3)OCO4)C2)cn1. The third-order valence-electron chi connectivity index (χ3n) is 4.27. The van der Waals surface area contributed by atoms with Gasteiger partial charge in [0.1, 0.15) is 0 Å². The van der Waals surface area contributed by atoms with Crippen LogP contribution >= 0.6 is 11.6 Å². The van der Waals surface area contributed by atoms with E-state index in [0.717, 1.165) is 25.2 Å². The number of hydrogen-bond donors (Lipinski definition) is 1. The van der Waals surface area contributed by atoms with Crippen molar-refractivity contribution in [3.63, 3.8) is 0 Å². The van der Waals surface area contributed by atoms with Crippen LogP contribution in [0.25, 0.3) is 0 Å². The Morgan fingerprint density at radius 1 is 1.42 bits per heavy atom. The van der Waals surface area contributed by atoms with Crippen LogP contribution in [0.1, 0.15) is 16.8 Å². The van der Waals surface area contributed by atoms with E-state index in [0.29, 0.717) is 22.1 Å². The molecule has 1 aromatic heterocycles. The van der Waals surface area contributed by atoms with Gasteiger partial charge in [0.15, 0.2) is 11.5 Å². The summed E-state index contributed by atoms with van der Waals surface area (Å²) in [4.78, 5) is 14.7. The topological polar surface area (TPSA) is 68.6 Å². The summed E-state index contributed by atoms with van der Waals surface area (Å²) in [6.07, 6.45) is 4.70. The minimum absolute atomic E-state index is 0.0851. The van der Waals surface area contributed by atoms with Gasteiger partial charge in [0.2, 0.25) is 6.79 Å². The third kappa shape index (κ3) is 2.75. The molecule has 0 spiro atoms. The molecule has 1 aromatic carbocycles. The van der Waals surface area contributed by atoms with E-state index in [1.165, 1.54) is 0 Å². The zero-order valence-electron chi connectivity index (χ0n) is 13.2. The minimum Gasteiger partial charge on any atom is -0.454 e. The number of aryl methyl sites for hydroxylation is 1. The van der Waals surface area contributed by atoms with Gasteiger partial charge in [-0.15, -0.1) is 0 Å². The Morgan fingerprint density at radius 3 is 3.08 bits per heavy atom. The normalized spacial score (nSPS) is 18.9. The molecule has 1 unspecified atom stereocenters. The van der Waals surface area contributed by atoms with Crippen molar-refractivity contribution in [3.05, 3.63) is 35.1 Å².